The van der Waals surface area contributed by atoms with Crippen LogP contribution in [-0.2, 0) is 0 Å². The van der Waals surface area contributed by atoms with Gasteiger partial charge < -0.3 is 16.2 Å². The van der Waals surface area contributed by atoms with Crippen molar-refractivity contribution in [1.29, 1.82) is 0 Å². The van der Waals surface area contributed by atoms with Gasteiger partial charge in [-0.2, -0.15) is 0 Å². The zero-order valence-electron chi connectivity index (χ0n) is 31.3. The molecule has 54 heavy (non-hydrogen) atoms. The molecule has 4 N–H and O–H groups in total. The number of hydrogen-bond donors (Lipinski definition) is 2. The zero-order chi connectivity index (χ0) is 41.5. The number of ether oxygens (including phenoxy) is 1. The second kappa shape index (κ2) is 23.2. The average molecular weight is 627 g/mol. The first-order valence-electron chi connectivity index (χ1n) is 18.4. The van der Waals surface area contributed by atoms with Crippen molar-refractivity contribution in [1.82, 2.24) is 0 Å². The normalized spacial score (nSPS) is 14.5. The van der Waals surface area contributed by atoms with Crippen molar-refractivity contribution in [2.24, 2.45) is 0 Å². The Morgan fingerprint density at radius 1 is 0.370 bits per heavy atom. The Labute approximate surface area is 362 Å². The molecule has 42 heteroatoms. The van der Waals surface area contributed by atoms with Gasteiger partial charge in [0.1, 0.15) is 5.75 Å². The average Bonchev–Trinajstić information content (AvgIpc) is 2.98. The molecule has 0 aromatic heterocycles. The van der Waals surface area contributed by atoms with E-state index in [2.05, 4.69) is 0 Å². The molecule has 0 aliphatic heterocycles. The Morgan fingerprint density at radius 3 is 0.907 bits per heavy atom. The van der Waals surface area contributed by atoms with Gasteiger partial charge in [0.25, 0.3) is 0 Å². The van der Waals surface area contributed by atoms with E-state index >= 15 is 0 Å². The number of hydrogen-bond acceptors (Lipinski definition) is 3. The largest absolute Gasteiger partial charge is 0.490 e. The molecule has 1 aromatic rings. The molecule has 0 saturated heterocycles. The van der Waals surface area contributed by atoms with E-state index in [0.717, 1.165) is 0 Å². The van der Waals surface area contributed by atoms with Crippen molar-refractivity contribution in [2.45, 2.75) is 37.6 Å². The van der Waals surface area contributed by atoms with Crippen molar-refractivity contribution < 1.29 is 4.74 Å². The summed E-state index contributed by atoms with van der Waals surface area (Å²) >= 11 is 0. The lowest BCUT2D eigenvalue weighted by Crippen LogP contribution is -2.90. The molecule has 1 fully saturated rings. The predicted molar refractivity (Wildman–Crippen MR) is 286 cm³/mol. The first-order valence-corrected chi connectivity index (χ1v) is 18.4. The van der Waals surface area contributed by atoms with Gasteiger partial charge in [0.15, 0.2) is 0 Å². The van der Waals surface area contributed by atoms with Crippen LogP contribution in [0.2, 0.25) is 5.82 Å². The summed E-state index contributed by atoms with van der Waals surface area (Å²) < 4.78 is 6.36. The van der Waals surface area contributed by atoms with E-state index in [1.807, 2.05) is 0 Å². The smallest absolute Gasteiger partial charge is 0.123 e. The maximum atomic E-state index is 6.60. The van der Waals surface area contributed by atoms with Gasteiger partial charge in [-0.3, -0.25) is 0 Å². The molecule has 1 saturated carbocycles. The third-order valence-corrected chi connectivity index (χ3v) is 11.5. The first-order chi connectivity index (χ1) is 24.9. The molecule has 0 amide bonds. The first kappa shape index (κ1) is 51.3. The predicted octanol–water partition coefficient (Wildman–Crippen LogP) is -12.3. The summed E-state index contributed by atoms with van der Waals surface area (Å²) in [7, 11) is 130. The summed E-state index contributed by atoms with van der Waals surface area (Å²) in [6.45, 7) is -0.753. The molecule has 0 spiro atoms. The fraction of sp³-hybridized carbons (Fsp3) is 0.500. The van der Waals surface area contributed by atoms with Crippen LogP contribution in [0, 0.1) is 0 Å². The number of anilines is 2. The van der Waals surface area contributed by atoms with Gasteiger partial charge in [-0.05, 0) is 18.9 Å². The molecular formula is C12H17B39N2O. The summed E-state index contributed by atoms with van der Waals surface area (Å²) in [5.74, 6) is 0.201. The third kappa shape index (κ3) is 13.6. The molecule has 0 heterocycles. The van der Waals surface area contributed by atoms with E-state index in [1.165, 1.54) is 0 Å². The lowest BCUT2D eigenvalue weighted by atomic mass is 8.30. The van der Waals surface area contributed by atoms with E-state index in [0.29, 0.717) is 42.8 Å². The second-order valence-electron chi connectivity index (χ2n) is 15.5. The van der Waals surface area contributed by atoms with Crippen LogP contribution >= 0.6 is 0 Å². The van der Waals surface area contributed by atoms with E-state index in [9.17, 15) is 0 Å². The fourth-order valence-electron chi connectivity index (χ4n) is 9.54. The van der Waals surface area contributed by atoms with Crippen molar-refractivity contribution in [2.75, 3.05) is 11.5 Å². The van der Waals surface area contributed by atoms with Crippen LogP contribution in [0.15, 0.2) is 18.2 Å². The lowest BCUT2D eigenvalue weighted by Gasteiger charge is -2.55. The van der Waals surface area contributed by atoms with E-state index in [1.54, 1.807) is 18.2 Å². The van der Waals surface area contributed by atoms with Gasteiger partial charge in [0.05, 0.1) is 6.10 Å². The monoisotopic (exact) mass is 634 g/mol. The molecule has 0 bridgehead atoms. The van der Waals surface area contributed by atoms with Crippen LogP contribution in [0.5, 0.6) is 5.75 Å². The van der Waals surface area contributed by atoms with Gasteiger partial charge in [-0.25, -0.2) is 0 Å². The molecule has 1 aliphatic carbocycles. The van der Waals surface area contributed by atoms with Crippen LogP contribution < -0.4 is 16.2 Å². The summed E-state index contributed by atoms with van der Waals surface area (Å²) in [5.41, 5.74) is 13.0. The Morgan fingerprint density at radius 2 is 0.630 bits per heavy atom. The molecule has 198 valence electrons. The van der Waals surface area contributed by atoms with Gasteiger partial charge in [-0.1, -0.05) is 18.7 Å². The Hall–Kier alpha value is 1.15. The minimum Gasteiger partial charge on any atom is -0.490 e. The summed E-state index contributed by atoms with van der Waals surface area (Å²) in [4.78, 5) is 0. The van der Waals surface area contributed by atoms with E-state index < -0.39 is 121 Å². The maximum absolute atomic E-state index is 6.60. The Kier molecular flexibility index (Phi) is 22.1. The van der Waals surface area contributed by atoms with Crippen LogP contribution in [0.3, 0.4) is 0 Å². The maximum Gasteiger partial charge on any atom is 0.123 e. The van der Waals surface area contributed by atoms with Crippen molar-refractivity contribution >= 4 is 288 Å². The quantitative estimate of drug-likeness (QED) is 0.105. The molecule has 1 aromatic carbocycles. The Balaban J connectivity index is 3.12. The summed E-state index contributed by atoms with van der Waals surface area (Å²) in [5, 5.41) is 0. The van der Waals surface area contributed by atoms with Gasteiger partial charge >= 0.3 is 0 Å². The molecule has 2 rings (SSSR count). The molecule has 40 radical (unpaired) electrons. The second-order valence-corrected chi connectivity index (χ2v) is 15.5. The summed E-state index contributed by atoms with van der Waals surface area (Å²) in [6, 6.07) is 5.03. The highest BCUT2D eigenvalue weighted by molar-refractivity contribution is 8.28. The lowest BCUT2D eigenvalue weighted by molar-refractivity contribution is 0.155. The van der Waals surface area contributed by atoms with Crippen LogP contribution in [0.25, 0.3) is 0 Å². The van der Waals surface area contributed by atoms with Crippen LogP contribution in [-0.4, -0.2) is 282 Å². The van der Waals surface area contributed by atoms with Gasteiger partial charge in [-0.15, -0.1) is 0 Å². The Bertz CT molecular complexity index is 1130. The SMILES string of the molecule is [B]B([B])B(B([B])[B])B(B(B([B])[B])B([B])[B])B(B(B([B])[B])B([B])[B])B(B(B(B([B])[B])B([B])[B])B(B([B])[B])B([B])[B])C1CCC(Oc2cc(N)cc(N)c2)CC1. The molecule has 0 unspecified atom stereocenters. The molecule has 3 nitrogen and oxygen atoms in total. The van der Waals surface area contributed by atoms with Crippen LogP contribution in [0.4, 0.5) is 11.4 Å². The molecule has 0 atom stereocenters. The van der Waals surface area contributed by atoms with Gasteiger partial charge in [0, 0.05) is 300 Å². The fourth-order valence-corrected chi connectivity index (χ4v) is 9.54. The van der Waals surface area contributed by atoms with Crippen LogP contribution in [0.1, 0.15) is 25.7 Å². The number of rotatable bonds is 21. The standard InChI is InChI=1S/C12H17B39N2O/c13-34(14)46(35(15)16)44(47(36(17)18)37(19)20)33(8-1-3-11(4-2-8)54-12-6-9(52)5-10(53)7-12)45(48(38(21)22)39(23)24)51(49(40(25)26)41(27)28)50(42(29)30)43(31)32/h5-8,11H,1-4,52-53H2. The number of benzene rings is 1. The number of nitrogens with two attached hydrogens (primary N) is 2. The molecule has 1 aliphatic rings. The van der Waals surface area contributed by atoms with E-state index in [-0.39, 0.29) is 11.9 Å². The van der Waals surface area contributed by atoms with Crippen molar-refractivity contribution in [3.63, 3.8) is 0 Å². The van der Waals surface area contributed by atoms with Crippen molar-refractivity contribution in [3.8, 4) is 5.75 Å². The highest BCUT2D eigenvalue weighted by atomic mass is 16.5. The third-order valence-electron chi connectivity index (χ3n) is 11.5. The van der Waals surface area contributed by atoms with E-state index in [4.69, 9.17) is 171 Å². The topological polar surface area (TPSA) is 61.3 Å². The minimum absolute atomic E-state index is 0.251. The molecular weight excluding hydrogens is 610 g/mol. The number of nitrogen functional groups attached to an aromatic ring is 2. The van der Waals surface area contributed by atoms with Gasteiger partial charge in [0.2, 0.25) is 0 Å². The highest BCUT2D eigenvalue weighted by Crippen LogP contribution is 2.38. The zero-order valence-corrected chi connectivity index (χ0v) is 31.3. The minimum atomic E-state index is -1.20. The van der Waals surface area contributed by atoms with Crippen molar-refractivity contribution in [3.05, 3.63) is 18.2 Å². The summed E-state index contributed by atoms with van der Waals surface area (Å²) in [6.07, 6.45) is -17.7. The highest BCUT2D eigenvalue weighted by Gasteiger charge is 2.58.